The molecule has 0 heterocycles. The molecule has 0 bridgehead atoms. The second-order valence-corrected chi connectivity index (χ2v) is 5.12. The summed E-state index contributed by atoms with van der Waals surface area (Å²) in [7, 11) is 1.84. The normalized spacial score (nSPS) is 10.7. The number of hydrogen-bond donors (Lipinski definition) is 0. The molecule has 0 aliphatic heterocycles. The molecule has 0 atom stereocenters. The molecule has 0 N–H and O–H groups in total. The van der Waals surface area contributed by atoms with Crippen LogP contribution in [0.3, 0.4) is 0 Å². The fourth-order valence-electron chi connectivity index (χ4n) is 1.80. The molecule has 1 rings (SSSR count). The third kappa shape index (κ3) is 6.97. The Labute approximate surface area is 116 Å². The second-order valence-electron chi connectivity index (χ2n) is 5.12. The van der Waals surface area contributed by atoms with Crippen molar-refractivity contribution in [1.29, 1.82) is 0 Å². The lowest BCUT2D eigenvalue weighted by Crippen LogP contribution is -2.32. The van der Waals surface area contributed by atoms with Gasteiger partial charge < -0.3 is 9.64 Å². The first-order valence-corrected chi connectivity index (χ1v) is 6.99. The summed E-state index contributed by atoms with van der Waals surface area (Å²) in [6, 6.07) is 10.4. The number of ether oxygens (including phenoxy) is 1. The van der Waals surface area contributed by atoms with Gasteiger partial charge in [0.1, 0.15) is 6.61 Å². The van der Waals surface area contributed by atoms with Gasteiger partial charge in [-0.05, 0) is 38.7 Å². The molecule has 1 aromatic rings. The smallest absolute Gasteiger partial charge is 0.248 e. The van der Waals surface area contributed by atoms with Gasteiger partial charge in [0.15, 0.2) is 0 Å². The minimum atomic E-state index is 0.0633. The molecule has 1 amide bonds. The zero-order valence-corrected chi connectivity index (χ0v) is 12.3. The number of carbonyl (C=O) groups excluding carboxylic acids is 1. The lowest BCUT2D eigenvalue weighted by molar-refractivity contribution is -0.136. The molecule has 0 spiro atoms. The van der Waals surface area contributed by atoms with Gasteiger partial charge in [-0.1, -0.05) is 30.3 Å². The summed E-state index contributed by atoms with van der Waals surface area (Å²) in [6.45, 7) is 4.86. The molecule has 3 nitrogen and oxygen atoms in total. The molecule has 0 aromatic heterocycles. The molecule has 106 valence electrons. The summed E-state index contributed by atoms with van der Waals surface area (Å²) < 4.78 is 5.31. The van der Waals surface area contributed by atoms with E-state index in [4.69, 9.17) is 4.74 Å². The van der Waals surface area contributed by atoms with Crippen LogP contribution in [0.4, 0.5) is 0 Å². The number of carbonyl (C=O) groups is 1. The fourth-order valence-corrected chi connectivity index (χ4v) is 1.80. The Morgan fingerprint density at radius 2 is 1.89 bits per heavy atom. The zero-order valence-electron chi connectivity index (χ0n) is 12.3. The number of rotatable bonds is 8. The number of likely N-dealkylation sites (N-methyl/N-ethyl adjacent to an activating group) is 1. The van der Waals surface area contributed by atoms with Crippen LogP contribution in [0.5, 0.6) is 0 Å². The molecule has 0 aliphatic carbocycles. The number of unbranched alkanes of at least 4 members (excludes halogenated alkanes) is 1. The van der Waals surface area contributed by atoms with E-state index < -0.39 is 0 Å². The highest BCUT2D eigenvalue weighted by molar-refractivity contribution is 5.77. The third-order valence-corrected chi connectivity index (χ3v) is 3.02. The first-order chi connectivity index (χ1) is 9.09. The average Bonchev–Trinajstić information content (AvgIpc) is 2.41. The molecular formula is C16H25NO2. The number of aryl methyl sites for hydroxylation is 1. The Bertz CT molecular complexity index is 362. The van der Waals surface area contributed by atoms with Crippen molar-refractivity contribution in [1.82, 2.24) is 4.90 Å². The van der Waals surface area contributed by atoms with Crippen LogP contribution in [0.15, 0.2) is 30.3 Å². The maximum atomic E-state index is 11.7. The van der Waals surface area contributed by atoms with E-state index in [1.807, 2.05) is 27.0 Å². The van der Waals surface area contributed by atoms with Gasteiger partial charge in [-0.25, -0.2) is 0 Å². The zero-order chi connectivity index (χ0) is 14.1. The Hall–Kier alpha value is -1.35. The Morgan fingerprint density at radius 1 is 1.21 bits per heavy atom. The highest BCUT2D eigenvalue weighted by atomic mass is 16.5. The van der Waals surface area contributed by atoms with Gasteiger partial charge in [-0.15, -0.1) is 0 Å². The topological polar surface area (TPSA) is 29.5 Å². The highest BCUT2D eigenvalue weighted by Gasteiger charge is 2.09. The summed E-state index contributed by atoms with van der Waals surface area (Å²) in [6.07, 6.45) is 3.31. The number of hydrogen-bond acceptors (Lipinski definition) is 2. The largest absolute Gasteiger partial charge is 0.369 e. The highest BCUT2D eigenvalue weighted by Crippen LogP contribution is 2.05. The second kappa shape index (κ2) is 8.70. The van der Waals surface area contributed by atoms with Crippen molar-refractivity contribution in [3.05, 3.63) is 35.9 Å². The van der Waals surface area contributed by atoms with Crippen LogP contribution in [-0.4, -0.2) is 37.1 Å². The van der Waals surface area contributed by atoms with Gasteiger partial charge >= 0.3 is 0 Å². The van der Waals surface area contributed by atoms with Crippen molar-refractivity contribution in [2.45, 2.75) is 39.2 Å². The Balaban J connectivity index is 2.13. The van der Waals surface area contributed by atoms with Crippen LogP contribution < -0.4 is 0 Å². The van der Waals surface area contributed by atoms with E-state index in [0.29, 0.717) is 0 Å². The van der Waals surface area contributed by atoms with Crippen LogP contribution >= 0.6 is 0 Å². The molecule has 0 unspecified atom stereocenters. The predicted molar refractivity (Wildman–Crippen MR) is 78.1 cm³/mol. The van der Waals surface area contributed by atoms with E-state index in [9.17, 15) is 4.79 Å². The summed E-state index contributed by atoms with van der Waals surface area (Å²) in [5, 5.41) is 0. The minimum absolute atomic E-state index is 0.0633. The van der Waals surface area contributed by atoms with Crippen molar-refractivity contribution >= 4 is 5.91 Å². The molecule has 19 heavy (non-hydrogen) atoms. The van der Waals surface area contributed by atoms with Gasteiger partial charge in [0.25, 0.3) is 0 Å². The lowest BCUT2D eigenvalue weighted by atomic mass is 10.1. The molecule has 0 saturated carbocycles. The molecule has 0 radical (unpaired) electrons. The number of nitrogens with zero attached hydrogens (tertiary/aromatic N) is 1. The monoisotopic (exact) mass is 263 g/mol. The first kappa shape index (κ1) is 15.7. The molecule has 0 aliphatic rings. The minimum Gasteiger partial charge on any atom is -0.369 e. The van der Waals surface area contributed by atoms with Crippen LogP contribution in [-0.2, 0) is 16.0 Å². The van der Waals surface area contributed by atoms with Gasteiger partial charge in [0.05, 0.1) is 6.10 Å². The van der Waals surface area contributed by atoms with Gasteiger partial charge in [0.2, 0.25) is 5.91 Å². The van der Waals surface area contributed by atoms with E-state index in [0.717, 1.165) is 25.8 Å². The SMILES string of the molecule is CC(C)OCC(=O)N(C)CCCCc1ccccc1. The molecule has 3 heteroatoms. The standard InChI is InChI=1S/C16H25NO2/c1-14(2)19-13-16(18)17(3)12-8-7-11-15-9-5-4-6-10-15/h4-6,9-10,14H,7-8,11-13H2,1-3H3. The van der Waals surface area contributed by atoms with E-state index in [1.165, 1.54) is 5.56 Å². The lowest BCUT2D eigenvalue weighted by Gasteiger charge is -2.18. The van der Waals surface area contributed by atoms with Gasteiger partial charge in [-0.2, -0.15) is 0 Å². The maximum Gasteiger partial charge on any atom is 0.248 e. The van der Waals surface area contributed by atoms with Crippen molar-refractivity contribution in [3.8, 4) is 0 Å². The Morgan fingerprint density at radius 3 is 2.53 bits per heavy atom. The Kier molecular flexibility index (Phi) is 7.19. The summed E-state index contributed by atoms with van der Waals surface area (Å²) >= 11 is 0. The average molecular weight is 263 g/mol. The van der Waals surface area contributed by atoms with Crippen molar-refractivity contribution < 1.29 is 9.53 Å². The predicted octanol–water partition coefficient (Wildman–Crippen LogP) is 2.89. The van der Waals surface area contributed by atoms with E-state index in [1.54, 1.807) is 4.90 Å². The summed E-state index contributed by atoms with van der Waals surface area (Å²) in [5.74, 6) is 0.0633. The van der Waals surface area contributed by atoms with Crippen LogP contribution in [0.2, 0.25) is 0 Å². The van der Waals surface area contributed by atoms with Crippen molar-refractivity contribution in [2.24, 2.45) is 0 Å². The number of benzene rings is 1. The van der Waals surface area contributed by atoms with Crippen LogP contribution in [0.25, 0.3) is 0 Å². The first-order valence-electron chi connectivity index (χ1n) is 6.99. The molecule has 0 fully saturated rings. The quantitative estimate of drug-likeness (QED) is 0.675. The maximum absolute atomic E-state index is 11.7. The van der Waals surface area contributed by atoms with Crippen LogP contribution in [0, 0.1) is 0 Å². The van der Waals surface area contributed by atoms with Crippen molar-refractivity contribution in [3.63, 3.8) is 0 Å². The molecule has 1 aromatic carbocycles. The summed E-state index contributed by atoms with van der Waals surface area (Å²) in [4.78, 5) is 13.5. The van der Waals surface area contributed by atoms with Crippen LogP contribution in [0.1, 0.15) is 32.3 Å². The fraction of sp³-hybridized carbons (Fsp3) is 0.562. The van der Waals surface area contributed by atoms with Crippen molar-refractivity contribution in [2.75, 3.05) is 20.2 Å². The third-order valence-electron chi connectivity index (χ3n) is 3.02. The van der Waals surface area contributed by atoms with E-state index in [2.05, 4.69) is 24.3 Å². The molecular weight excluding hydrogens is 238 g/mol. The number of amides is 1. The van der Waals surface area contributed by atoms with E-state index >= 15 is 0 Å². The van der Waals surface area contributed by atoms with E-state index in [-0.39, 0.29) is 18.6 Å². The van der Waals surface area contributed by atoms with Gasteiger partial charge in [0, 0.05) is 13.6 Å². The summed E-state index contributed by atoms with van der Waals surface area (Å²) in [5.41, 5.74) is 1.36. The van der Waals surface area contributed by atoms with Gasteiger partial charge in [-0.3, -0.25) is 4.79 Å². The molecule has 0 saturated heterocycles.